The molecule has 0 N–H and O–H groups in total. The molecule has 2 heteroatoms. The van der Waals surface area contributed by atoms with Gasteiger partial charge in [-0.2, -0.15) is 0 Å². The number of allylic oxidation sites excluding steroid dienone is 5. The van der Waals surface area contributed by atoms with Crippen molar-refractivity contribution in [3.05, 3.63) is 42.2 Å². The molecule has 4 rings (SSSR count). The van der Waals surface area contributed by atoms with Gasteiger partial charge in [0.15, 0.2) is 5.78 Å². The van der Waals surface area contributed by atoms with Crippen molar-refractivity contribution in [1.29, 1.82) is 0 Å². The molecule has 5 atom stereocenters. The average molecular weight is 308 g/mol. The van der Waals surface area contributed by atoms with Crippen molar-refractivity contribution < 1.29 is 9.59 Å². The molecular weight excluding hydrogens is 284 g/mol. The third kappa shape index (κ3) is 1.88. The highest BCUT2D eigenvalue weighted by atomic mass is 16.1. The van der Waals surface area contributed by atoms with E-state index in [1.54, 1.807) is 6.08 Å². The maximum absolute atomic E-state index is 12.4. The Morgan fingerprint density at radius 3 is 2.83 bits per heavy atom. The van der Waals surface area contributed by atoms with E-state index < -0.39 is 0 Å². The first-order valence-corrected chi connectivity index (χ1v) is 8.86. The van der Waals surface area contributed by atoms with Crippen molar-refractivity contribution in [3.8, 4) is 0 Å². The lowest BCUT2D eigenvalue weighted by molar-refractivity contribution is -0.131. The van der Waals surface area contributed by atoms with Crippen LogP contribution in [0.3, 0.4) is 0 Å². The van der Waals surface area contributed by atoms with Gasteiger partial charge in [-0.3, -0.25) is 9.59 Å². The van der Waals surface area contributed by atoms with E-state index in [-0.39, 0.29) is 16.6 Å². The maximum Gasteiger partial charge on any atom is 0.178 e. The van der Waals surface area contributed by atoms with Crippen LogP contribution in [0.5, 0.6) is 0 Å². The Morgan fingerprint density at radius 1 is 1.22 bits per heavy atom. The van der Waals surface area contributed by atoms with Crippen LogP contribution in [0, 0.1) is 28.6 Å². The van der Waals surface area contributed by atoms with E-state index in [2.05, 4.69) is 31.4 Å². The molecule has 0 aromatic rings. The lowest BCUT2D eigenvalue weighted by Gasteiger charge is -2.55. The van der Waals surface area contributed by atoms with Crippen molar-refractivity contribution in [2.45, 2.75) is 45.4 Å². The fourth-order valence-electron chi connectivity index (χ4n) is 6.12. The van der Waals surface area contributed by atoms with Crippen LogP contribution in [-0.4, -0.2) is 11.6 Å². The van der Waals surface area contributed by atoms with Gasteiger partial charge in [0, 0.05) is 17.3 Å². The second-order valence-corrected chi connectivity index (χ2v) is 8.02. The standard InChI is InChI=1S/C21H24O2/c1-3-10-21-12-8-15(22)13-14(21)4-5-16-17-6-7-19(23)20(17,2)11-9-18(16)21/h8,10,12-13,16-18H,1,4-7,9,11H2,2H3/t16-,17-,18-,20-,21?/m0/s1. The largest absolute Gasteiger partial charge is 0.299 e. The highest BCUT2D eigenvalue weighted by Gasteiger charge is 2.59. The molecule has 0 radical (unpaired) electrons. The van der Waals surface area contributed by atoms with Crippen LogP contribution in [-0.2, 0) is 9.59 Å². The summed E-state index contributed by atoms with van der Waals surface area (Å²) in [4.78, 5) is 24.3. The number of hydrogen-bond acceptors (Lipinski definition) is 2. The molecule has 1 unspecified atom stereocenters. The molecule has 2 nitrogen and oxygen atoms in total. The van der Waals surface area contributed by atoms with Gasteiger partial charge in [-0.1, -0.05) is 25.2 Å². The van der Waals surface area contributed by atoms with E-state index in [0.29, 0.717) is 23.5 Å². The van der Waals surface area contributed by atoms with Gasteiger partial charge in [0.25, 0.3) is 0 Å². The summed E-state index contributed by atoms with van der Waals surface area (Å²) in [5.74, 6) is 2.13. The van der Waals surface area contributed by atoms with Gasteiger partial charge in [-0.25, -0.2) is 0 Å². The van der Waals surface area contributed by atoms with Gasteiger partial charge >= 0.3 is 0 Å². The first-order chi connectivity index (χ1) is 11.0. The summed E-state index contributed by atoms with van der Waals surface area (Å²) in [7, 11) is 0. The van der Waals surface area contributed by atoms with E-state index in [1.165, 1.54) is 5.57 Å². The van der Waals surface area contributed by atoms with E-state index in [4.69, 9.17) is 0 Å². The lowest BCUT2D eigenvalue weighted by atomic mass is 9.48. The molecule has 0 aliphatic heterocycles. The van der Waals surface area contributed by atoms with Gasteiger partial charge in [0.05, 0.1) is 0 Å². The lowest BCUT2D eigenvalue weighted by Crippen LogP contribution is -2.50. The Bertz CT molecular complexity index is 691. The Balaban J connectivity index is 1.79. The zero-order valence-electron chi connectivity index (χ0n) is 13.8. The van der Waals surface area contributed by atoms with Crippen LogP contribution in [0.25, 0.3) is 0 Å². The number of ketones is 2. The number of Topliss-reactive ketones (excluding diaryl/α,β-unsaturated/α-hetero) is 1. The van der Waals surface area contributed by atoms with Gasteiger partial charge < -0.3 is 0 Å². The highest BCUT2D eigenvalue weighted by Crippen LogP contribution is 2.63. The Labute approximate surface area is 138 Å². The van der Waals surface area contributed by atoms with Crippen LogP contribution in [0.2, 0.25) is 0 Å². The quantitative estimate of drug-likeness (QED) is 0.681. The van der Waals surface area contributed by atoms with Crippen LogP contribution < -0.4 is 0 Å². The zero-order chi connectivity index (χ0) is 16.2. The monoisotopic (exact) mass is 308 g/mol. The Kier molecular flexibility index (Phi) is 3.19. The molecule has 0 amide bonds. The van der Waals surface area contributed by atoms with Crippen LogP contribution in [0.4, 0.5) is 0 Å². The minimum absolute atomic E-state index is 0.100. The average Bonchev–Trinajstić information content (AvgIpc) is 2.84. The molecule has 23 heavy (non-hydrogen) atoms. The van der Waals surface area contributed by atoms with Gasteiger partial charge in [0.2, 0.25) is 0 Å². The molecule has 0 spiro atoms. The summed E-state index contributed by atoms with van der Waals surface area (Å²) in [6.45, 7) is 6.01. The van der Waals surface area contributed by atoms with Gasteiger partial charge in [-0.15, -0.1) is 5.73 Å². The molecule has 120 valence electrons. The second-order valence-electron chi connectivity index (χ2n) is 8.02. The normalized spacial score (nSPS) is 44.7. The van der Waals surface area contributed by atoms with Crippen molar-refractivity contribution >= 4 is 11.6 Å². The third-order valence-corrected chi connectivity index (χ3v) is 7.24. The third-order valence-electron chi connectivity index (χ3n) is 7.24. The number of fused-ring (bicyclic) bond motifs is 5. The highest BCUT2D eigenvalue weighted by molar-refractivity contribution is 6.01. The molecular formula is C21H24O2. The number of rotatable bonds is 1. The van der Waals surface area contributed by atoms with Crippen molar-refractivity contribution in [3.63, 3.8) is 0 Å². The minimum atomic E-state index is -0.189. The Hall–Kier alpha value is -1.66. The SMILES string of the molecule is C=C=CC12C=CC(=O)C=C1CC[C@@H]1[C@@H]2CC[C@]2(C)C(=O)CC[C@@H]12. The summed E-state index contributed by atoms with van der Waals surface area (Å²) in [6.07, 6.45) is 13.6. The molecule has 0 aromatic heterocycles. The predicted molar refractivity (Wildman–Crippen MR) is 89.7 cm³/mol. The fraction of sp³-hybridized carbons (Fsp3) is 0.571. The number of hydrogen-bond donors (Lipinski definition) is 0. The van der Waals surface area contributed by atoms with Crippen molar-refractivity contribution in [2.75, 3.05) is 0 Å². The first-order valence-electron chi connectivity index (χ1n) is 8.86. The number of carbonyl (C=O) groups is 2. The van der Waals surface area contributed by atoms with Crippen LogP contribution in [0.15, 0.2) is 42.2 Å². The summed E-state index contributed by atoms with van der Waals surface area (Å²) >= 11 is 0. The molecule has 0 bridgehead atoms. The first kappa shape index (κ1) is 14.9. The molecule has 0 saturated heterocycles. The topological polar surface area (TPSA) is 34.1 Å². The smallest absolute Gasteiger partial charge is 0.178 e. The second kappa shape index (κ2) is 4.92. The van der Waals surface area contributed by atoms with Crippen molar-refractivity contribution in [1.82, 2.24) is 0 Å². The molecule has 4 aliphatic rings. The molecule has 0 heterocycles. The molecule has 0 aromatic carbocycles. The minimum Gasteiger partial charge on any atom is -0.299 e. The maximum atomic E-state index is 12.4. The summed E-state index contributed by atoms with van der Waals surface area (Å²) in [5, 5.41) is 0. The summed E-state index contributed by atoms with van der Waals surface area (Å²) in [5.41, 5.74) is 3.95. The van der Waals surface area contributed by atoms with Gasteiger partial charge in [0.1, 0.15) is 5.78 Å². The molecule has 4 aliphatic carbocycles. The fourth-order valence-corrected chi connectivity index (χ4v) is 6.12. The van der Waals surface area contributed by atoms with E-state index >= 15 is 0 Å². The van der Waals surface area contributed by atoms with E-state index in [9.17, 15) is 9.59 Å². The molecule has 3 saturated carbocycles. The summed E-state index contributed by atoms with van der Waals surface area (Å²) < 4.78 is 0. The van der Waals surface area contributed by atoms with Gasteiger partial charge in [-0.05, 0) is 68.1 Å². The van der Waals surface area contributed by atoms with Crippen molar-refractivity contribution in [2.24, 2.45) is 28.6 Å². The van der Waals surface area contributed by atoms with E-state index in [1.807, 2.05) is 6.08 Å². The Morgan fingerprint density at radius 2 is 2.04 bits per heavy atom. The van der Waals surface area contributed by atoms with Crippen LogP contribution in [0.1, 0.15) is 45.4 Å². The van der Waals surface area contributed by atoms with Crippen LogP contribution >= 0.6 is 0 Å². The predicted octanol–water partition coefficient (Wildman–Crippen LogP) is 4.18. The summed E-state index contributed by atoms with van der Waals surface area (Å²) in [6, 6.07) is 0. The molecule has 3 fully saturated rings. The zero-order valence-corrected chi connectivity index (χ0v) is 13.8. The number of carbonyl (C=O) groups excluding carboxylic acids is 2. The van der Waals surface area contributed by atoms with E-state index in [0.717, 1.165) is 38.5 Å².